The number of rotatable bonds is 5. The van der Waals surface area contributed by atoms with E-state index in [-0.39, 0.29) is 23.2 Å². The van der Waals surface area contributed by atoms with E-state index in [2.05, 4.69) is 0 Å². The maximum Gasteiger partial charge on any atom is 0.162 e. The Balaban J connectivity index is 2.84. The Morgan fingerprint density at radius 1 is 1.05 bits per heavy atom. The van der Waals surface area contributed by atoms with Gasteiger partial charge in [0.2, 0.25) is 0 Å². The van der Waals surface area contributed by atoms with Crippen molar-refractivity contribution in [3.05, 3.63) is 35.4 Å². The number of Topliss-reactive ketones (excluding diaryl/α,β-unsaturated/α-hetero) is 1. The summed E-state index contributed by atoms with van der Waals surface area (Å²) < 4.78 is 32.1. The van der Waals surface area contributed by atoms with Crippen LogP contribution in [0.5, 0.6) is 0 Å². The molecule has 22 heavy (non-hydrogen) atoms. The number of carbonyl (C=O) groups excluding carboxylic acids is 1. The lowest BCUT2D eigenvalue weighted by Gasteiger charge is -2.31. The van der Waals surface area contributed by atoms with E-state index >= 15 is 0 Å². The number of halogens is 2. The fraction of sp³-hybridized carbons (Fsp3) is 0.611. The second-order valence-corrected chi connectivity index (χ2v) is 8.04. The van der Waals surface area contributed by atoms with Gasteiger partial charge in [0.25, 0.3) is 0 Å². The molecule has 0 aromatic heterocycles. The van der Waals surface area contributed by atoms with E-state index in [0.717, 1.165) is 6.07 Å². The topological polar surface area (TPSA) is 26.3 Å². The summed E-state index contributed by atoms with van der Waals surface area (Å²) in [6, 6.07) is 3.25. The molecule has 1 atom stereocenters. The molecule has 0 spiro atoms. The number of hydrogen-bond acceptors (Lipinski definition) is 2. The van der Waals surface area contributed by atoms with E-state index in [1.54, 1.807) is 0 Å². The van der Waals surface area contributed by atoms with Gasteiger partial charge in [0, 0.05) is 12.5 Å². The standard InChI is InChI=1S/C18H26F2O2/c1-17(2,3)10-15(21)16(18(4,5)6)22-11-12-7-13(19)9-14(20)8-12/h7-9,16H,10-11H2,1-6H3. The van der Waals surface area contributed by atoms with Crippen LogP contribution >= 0.6 is 0 Å². The van der Waals surface area contributed by atoms with Crippen molar-refractivity contribution < 1.29 is 18.3 Å². The maximum atomic E-state index is 13.2. The summed E-state index contributed by atoms with van der Waals surface area (Å²) in [5.41, 5.74) is -0.126. The molecular formula is C18H26F2O2. The molecule has 0 radical (unpaired) electrons. The quantitative estimate of drug-likeness (QED) is 0.773. The first-order valence-corrected chi connectivity index (χ1v) is 7.48. The van der Waals surface area contributed by atoms with Crippen LogP contribution in [0.15, 0.2) is 18.2 Å². The van der Waals surface area contributed by atoms with Gasteiger partial charge in [-0.05, 0) is 28.5 Å². The molecule has 0 saturated carbocycles. The Hall–Kier alpha value is -1.29. The van der Waals surface area contributed by atoms with Gasteiger partial charge in [-0.15, -0.1) is 0 Å². The lowest BCUT2D eigenvalue weighted by Crippen LogP contribution is -2.38. The molecule has 1 rings (SSSR count). The highest BCUT2D eigenvalue weighted by molar-refractivity contribution is 5.84. The predicted molar refractivity (Wildman–Crippen MR) is 83.5 cm³/mol. The molecule has 0 saturated heterocycles. The fourth-order valence-corrected chi connectivity index (χ4v) is 2.32. The molecule has 0 fully saturated rings. The Labute approximate surface area is 131 Å². The number of benzene rings is 1. The Morgan fingerprint density at radius 2 is 1.55 bits per heavy atom. The van der Waals surface area contributed by atoms with Crippen molar-refractivity contribution in [2.24, 2.45) is 10.8 Å². The SMILES string of the molecule is CC(C)(C)CC(=O)C(OCc1cc(F)cc(F)c1)C(C)(C)C. The van der Waals surface area contributed by atoms with Crippen molar-refractivity contribution in [3.8, 4) is 0 Å². The third-order valence-electron chi connectivity index (χ3n) is 3.12. The zero-order chi connectivity index (χ0) is 17.1. The average Bonchev–Trinajstić information content (AvgIpc) is 2.22. The van der Waals surface area contributed by atoms with Crippen LogP contribution < -0.4 is 0 Å². The van der Waals surface area contributed by atoms with Crippen molar-refractivity contribution in [2.45, 2.75) is 60.7 Å². The van der Waals surface area contributed by atoms with Crippen LogP contribution in [0.3, 0.4) is 0 Å². The minimum atomic E-state index is -0.646. The Kier molecular flexibility index (Phi) is 5.85. The monoisotopic (exact) mass is 312 g/mol. The molecule has 0 bridgehead atoms. The normalized spacial score (nSPS) is 14.0. The van der Waals surface area contributed by atoms with E-state index in [9.17, 15) is 13.6 Å². The molecule has 4 heteroatoms. The summed E-state index contributed by atoms with van der Waals surface area (Å²) in [5.74, 6) is -1.28. The van der Waals surface area contributed by atoms with Gasteiger partial charge < -0.3 is 4.74 Å². The lowest BCUT2D eigenvalue weighted by molar-refractivity contribution is -0.140. The van der Waals surface area contributed by atoms with Gasteiger partial charge in [-0.3, -0.25) is 4.79 Å². The second kappa shape index (κ2) is 6.86. The first kappa shape index (κ1) is 18.8. The van der Waals surface area contributed by atoms with Crippen LogP contribution in [0.1, 0.15) is 53.5 Å². The third-order valence-corrected chi connectivity index (χ3v) is 3.12. The molecular weight excluding hydrogens is 286 g/mol. The van der Waals surface area contributed by atoms with Crippen molar-refractivity contribution in [2.75, 3.05) is 0 Å². The first-order chi connectivity index (χ1) is 9.88. The van der Waals surface area contributed by atoms with Crippen LogP contribution in [-0.2, 0) is 16.1 Å². The minimum absolute atomic E-state index is 0.00645. The molecule has 0 heterocycles. The van der Waals surface area contributed by atoms with Crippen molar-refractivity contribution in [1.82, 2.24) is 0 Å². The van der Waals surface area contributed by atoms with Gasteiger partial charge in [0.1, 0.15) is 17.7 Å². The molecule has 0 N–H and O–H groups in total. The van der Waals surface area contributed by atoms with E-state index in [1.165, 1.54) is 12.1 Å². The molecule has 1 aromatic rings. The molecule has 2 nitrogen and oxygen atoms in total. The van der Waals surface area contributed by atoms with Gasteiger partial charge in [-0.2, -0.15) is 0 Å². The zero-order valence-corrected chi connectivity index (χ0v) is 14.3. The highest BCUT2D eigenvalue weighted by atomic mass is 19.1. The highest BCUT2D eigenvalue weighted by Gasteiger charge is 2.34. The summed E-state index contributed by atoms with van der Waals surface area (Å²) >= 11 is 0. The van der Waals surface area contributed by atoms with E-state index in [1.807, 2.05) is 41.5 Å². The van der Waals surface area contributed by atoms with E-state index in [0.29, 0.717) is 12.0 Å². The molecule has 0 aliphatic carbocycles. The van der Waals surface area contributed by atoms with Gasteiger partial charge in [0.15, 0.2) is 5.78 Å². The van der Waals surface area contributed by atoms with Crippen LogP contribution in [-0.4, -0.2) is 11.9 Å². The zero-order valence-electron chi connectivity index (χ0n) is 14.3. The lowest BCUT2D eigenvalue weighted by atomic mass is 9.80. The third kappa shape index (κ3) is 6.22. The number of ether oxygens (including phenoxy) is 1. The first-order valence-electron chi connectivity index (χ1n) is 7.48. The molecule has 0 aliphatic heterocycles. The van der Waals surface area contributed by atoms with E-state index < -0.39 is 17.7 Å². The van der Waals surface area contributed by atoms with Crippen molar-refractivity contribution >= 4 is 5.78 Å². The second-order valence-electron chi connectivity index (χ2n) is 8.04. The molecule has 1 unspecified atom stereocenters. The van der Waals surface area contributed by atoms with Gasteiger partial charge in [-0.25, -0.2) is 8.78 Å². The summed E-state index contributed by atoms with van der Waals surface area (Å²) in [7, 11) is 0. The predicted octanol–water partition coefficient (Wildman–Crippen LogP) is 4.90. The molecule has 124 valence electrons. The average molecular weight is 312 g/mol. The van der Waals surface area contributed by atoms with Gasteiger partial charge >= 0.3 is 0 Å². The summed E-state index contributed by atoms with van der Waals surface area (Å²) in [6.07, 6.45) is -0.218. The van der Waals surface area contributed by atoms with Crippen molar-refractivity contribution in [3.63, 3.8) is 0 Å². The van der Waals surface area contributed by atoms with Crippen LogP contribution in [0.25, 0.3) is 0 Å². The molecule has 1 aromatic carbocycles. The molecule has 0 amide bonds. The highest BCUT2D eigenvalue weighted by Crippen LogP contribution is 2.29. The maximum absolute atomic E-state index is 13.2. The van der Waals surface area contributed by atoms with Crippen LogP contribution in [0.2, 0.25) is 0 Å². The Bertz CT molecular complexity index is 505. The Morgan fingerprint density at radius 3 is 1.95 bits per heavy atom. The number of ketones is 1. The summed E-state index contributed by atoms with van der Waals surface area (Å²) in [4.78, 5) is 12.5. The van der Waals surface area contributed by atoms with E-state index in [4.69, 9.17) is 4.74 Å². The largest absolute Gasteiger partial charge is 0.365 e. The van der Waals surface area contributed by atoms with Crippen molar-refractivity contribution in [1.29, 1.82) is 0 Å². The number of hydrogen-bond donors (Lipinski definition) is 0. The smallest absolute Gasteiger partial charge is 0.162 e. The summed E-state index contributed by atoms with van der Waals surface area (Å²) in [6.45, 7) is 11.7. The number of carbonyl (C=O) groups is 1. The summed E-state index contributed by atoms with van der Waals surface area (Å²) in [5, 5.41) is 0. The van der Waals surface area contributed by atoms with Gasteiger partial charge in [-0.1, -0.05) is 41.5 Å². The molecule has 0 aliphatic rings. The minimum Gasteiger partial charge on any atom is -0.365 e. The van der Waals surface area contributed by atoms with Crippen LogP contribution in [0.4, 0.5) is 8.78 Å². The van der Waals surface area contributed by atoms with Crippen LogP contribution in [0, 0.1) is 22.5 Å². The van der Waals surface area contributed by atoms with Gasteiger partial charge in [0.05, 0.1) is 6.61 Å². The fourth-order valence-electron chi connectivity index (χ4n) is 2.32.